The van der Waals surface area contributed by atoms with E-state index in [1.165, 1.54) is 36.1 Å². The lowest BCUT2D eigenvalue weighted by atomic mass is 10.2. The molecule has 1 rings (SSSR count). The summed E-state index contributed by atoms with van der Waals surface area (Å²) in [7, 11) is 0. The zero-order chi connectivity index (χ0) is 14.3. The van der Waals surface area contributed by atoms with E-state index >= 15 is 0 Å². The maximum absolute atomic E-state index is 12.8. The first-order valence-electron chi connectivity index (χ1n) is 6.35. The molecule has 0 aliphatic rings. The van der Waals surface area contributed by atoms with Gasteiger partial charge in [0, 0.05) is 19.2 Å². The molecule has 104 valence electrons. The third kappa shape index (κ3) is 5.07. The number of carbonyl (C=O) groups is 2. The third-order valence-electron chi connectivity index (χ3n) is 2.67. The smallest absolute Gasteiger partial charge is 0.240 e. The lowest BCUT2D eigenvalue weighted by molar-refractivity contribution is -0.123. The topological polar surface area (TPSA) is 49.4 Å². The van der Waals surface area contributed by atoms with Crippen LogP contribution in [0.25, 0.3) is 0 Å². The lowest BCUT2D eigenvalue weighted by Crippen LogP contribution is -2.40. The minimum Gasteiger partial charge on any atom is -0.355 e. The molecule has 0 fully saturated rings. The van der Waals surface area contributed by atoms with Crippen LogP contribution in [0.5, 0.6) is 0 Å². The Hall–Kier alpha value is -1.91. The minimum absolute atomic E-state index is 0.0509. The molecule has 1 aromatic rings. The number of benzene rings is 1. The molecule has 0 aliphatic heterocycles. The molecule has 0 unspecified atom stereocenters. The van der Waals surface area contributed by atoms with Gasteiger partial charge in [-0.05, 0) is 30.7 Å². The van der Waals surface area contributed by atoms with Crippen LogP contribution in [-0.2, 0) is 9.59 Å². The van der Waals surface area contributed by atoms with E-state index in [0.29, 0.717) is 12.2 Å². The van der Waals surface area contributed by atoms with Crippen molar-refractivity contribution in [3.63, 3.8) is 0 Å². The fourth-order valence-corrected chi connectivity index (χ4v) is 1.61. The Morgan fingerprint density at radius 3 is 2.42 bits per heavy atom. The number of anilines is 1. The molecule has 0 aromatic heterocycles. The Morgan fingerprint density at radius 1 is 1.26 bits per heavy atom. The fourth-order valence-electron chi connectivity index (χ4n) is 1.61. The van der Waals surface area contributed by atoms with Crippen LogP contribution >= 0.6 is 0 Å². The van der Waals surface area contributed by atoms with Gasteiger partial charge in [-0.15, -0.1) is 0 Å². The van der Waals surface area contributed by atoms with Gasteiger partial charge in [0.1, 0.15) is 12.4 Å². The summed E-state index contributed by atoms with van der Waals surface area (Å²) in [6.07, 6.45) is 1.90. The maximum Gasteiger partial charge on any atom is 0.240 e. The molecule has 0 saturated carbocycles. The SMILES string of the molecule is CCCCNC(=O)CN(C(C)=O)c1ccc(F)cc1. The van der Waals surface area contributed by atoms with Gasteiger partial charge in [-0.1, -0.05) is 13.3 Å². The number of carbonyl (C=O) groups excluding carboxylic acids is 2. The highest BCUT2D eigenvalue weighted by Crippen LogP contribution is 2.14. The molecule has 1 aromatic carbocycles. The van der Waals surface area contributed by atoms with Crippen molar-refractivity contribution in [2.75, 3.05) is 18.0 Å². The molecule has 0 radical (unpaired) electrons. The fraction of sp³-hybridized carbons (Fsp3) is 0.429. The van der Waals surface area contributed by atoms with E-state index in [9.17, 15) is 14.0 Å². The zero-order valence-corrected chi connectivity index (χ0v) is 11.3. The Morgan fingerprint density at radius 2 is 1.89 bits per heavy atom. The van der Waals surface area contributed by atoms with Crippen LogP contribution in [0.4, 0.5) is 10.1 Å². The maximum atomic E-state index is 12.8. The van der Waals surface area contributed by atoms with Crippen molar-refractivity contribution in [2.24, 2.45) is 0 Å². The normalized spacial score (nSPS) is 10.1. The van der Waals surface area contributed by atoms with Crippen molar-refractivity contribution >= 4 is 17.5 Å². The molecule has 4 nitrogen and oxygen atoms in total. The molecular weight excluding hydrogens is 247 g/mol. The van der Waals surface area contributed by atoms with E-state index in [1.54, 1.807) is 0 Å². The number of unbranched alkanes of at least 4 members (excludes halogenated alkanes) is 1. The highest BCUT2D eigenvalue weighted by molar-refractivity contribution is 5.97. The van der Waals surface area contributed by atoms with Gasteiger partial charge >= 0.3 is 0 Å². The summed E-state index contributed by atoms with van der Waals surface area (Å²) in [5.74, 6) is -0.843. The van der Waals surface area contributed by atoms with Crippen molar-refractivity contribution in [1.29, 1.82) is 0 Å². The highest BCUT2D eigenvalue weighted by Gasteiger charge is 2.15. The van der Waals surface area contributed by atoms with Crippen LogP contribution < -0.4 is 10.2 Å². The van der Waals surface area contributed by atoms with Crippen LogP contribution in [0.2, 0.25) is 0 Å². The predicted octanol–water partition coefficient (Wildman–Crippen LogP) is 2.09. The molecule has 0 bridgehead atoms. The average Bonchev–Trinajstić information content (AvgIpc) is 2.37. The number of amides is 2. The number of halogens is 1. The quantitative estimate of drug-likeness (QED) is 0.802. The van der Waals surface area contributed by atoms with E-state index in [1.807, 2.05) is 6.92 Å². The number of hydrogen-bond donors (Lipinski definition) is 1. The highest BCUT2D eigenvalue weighted by atomic mass is 19.1. The van der Waals surface area contributed by atoms with Crippen molar-refractivity contribution in [3.05, 3.63) is 30.1 Å². The van der Waals surface area contributed by atoms with Crippen LogP contribution in [0.3, 0.4) is 0 Å². The first kappa shape index (κ1) is 15.1. The molecule has 0 heterocycles. The molecule has 2 amide bonds. The second-order valence-corrected chi connectivity index (χ2v) is 4.29. The second kappa shape index (κ2) is 7.51. The molecule has 5 heteroatoms. The van der Waals surface area contributed by atoms with Crippen molar-refractivity contribution in [1.82, 2.24) is 5.32 Å². The average molecular weight is 266 g/mol. The van der Waals surface area contributed by atoms with E-state index in [0.717, 1.165) is 12.8 Å². The Kier molecular flexibility index (Phi) is 5.99. The number of hydrogen-bond acceptors (Lipinski definition) is 2. The number of nitrogens with zero attached hydrogens (tertiary/aromatic N) is 1. The van der Waals surface area contributed by atoms with E-state index < -0.39 is 0 Å². The van der Waals surface area contributed by atoms with Gasteiger partial charge < -0.3 is 10.2 Å². The largest absolute Gasteiger partial charge is 0.355 e. The molecule has 0 aliphatic carbocycles. The van der Waals surface area contributed by atoms with Gasteiger partial charge in [0.25, 0.3) is 0 Å². The Balaban J connectivity index is 2.65. The van der Waals surface area contributed by atoms with E-state index in [4.69, 9.17) is 0 Å². The summed E-state index contributed by atoms with van der Waals surface area (Å²) in [5, 5.41) is 2.74. The van der Waals surface area contributed by atoms with Crippen molar-refractivity contribution in [3.8, 4) is 0 Å². The first-order valence-corrected chi connectivity index (χ1v) is 6.35. The van der Waals surface area contributed by atoms with Crippen molar-refractivity contribution in [2.45, 2.75) is 26.7 Å². The Bertz CT molecular complexity index is 432. The van der Waals surface area contributed by atoms with Crippen LogP contribution in [-0.4, -0.2) is 24.9 Å². The molecule has 0 atom stereocenters. The van der Waals surface area contributed by atoms with Gasteiger partial charge in [-0.2, -0.15) is 0 Å². The first-order chi connectivity index (χ1) is 9.04. The lowest BCUT2D eigenvalue weighted by Gasteiger charge is -2.20. The van der Waals surface area contributed by atoms with E-state index in [-0.39, 0.29) is 24.2 Å². The number of nitrogens with one attached hydrogen (secondary N) is 1. The minimum atomic E-state index is -0.375. The molecule has 0 spiro atoms. The van der Waals surface area contributed by atoms with Gasteiger partial charge in [0.15, 0.2) is 0 Å². The Labute approximate surface area is 112 Å². The monoisotopic (exact) mass is 266 g/mol. The zero-order valence-electron chi connectivity index (χ0n) is 11.3. The summed E-state index contributed by atoms with van der Waals surface area (Å²) in [6, 6.07) is 5.49. The summed E-state index contributed by atoms with van der Waals surface area (Å²) < 4.78 is 12.8. The van der Waals surface area contributed by atoms with Gasteiger partial charge in [-0.3, -0.25) is 9.59 Å². The van der Waals surface area contributed by atoms with Gasteiger partial charge in [0.2, 0.25) is 11.8 Å². The second-order valence-electron chi connectivity index (χ2n) is 4.29. The van der Waals surface area contributed by atoms with Crippen LogP contribution in [0, 0.1) is 5.82 Å². The summed E-state index contributed by atoms with van der Waals surface area (Å²) >= 11 is 0. The summed E-state index contributed by atoms with van der Waals surface area (Å²) in [5.41, 5.74) is 0.513. The molecule has 0 saturated heterocycles. The standard InChI is InChI=1S/C14H19FN2O2/c1-3-4-9-16-14(19)10-17(11(2)18)13-7-5-12(15)6-8-13/h5-8H,3-4,9-10H2,1-2H3,(H,16,19). The summed E-state index contributed by atoms with van der Waals surface area (Å²) in [4.78, 5) is 24.6. The number of rotatable bonds is 6. The molecule has 1 N–H and O–H groups in total. The van der Waals surface area contributed by atoms with Gasteiger partial charge in [-0.25, -0.2) is 4.39 Å². The third-order valence-corrected chi connectivity index (χ3v) is 2.67. The van der Waals surface area contributed by atoms with Crippen molar-refractivity contribution < 1.29 is 14.0 Å². The predicted molar refractivity (Wildman–Crippen MR) is 72.3 cm³/mol. The summed E-state index contributed by atoms with van der Waals surface area (Å²) in [6.45, 7) is 3.96. The van der Waals surface area contributed by atoms with Gasteiger partial charge in [0.05, 0.1) is 0 Å². The van der Waals surface area contributed by atoms with Crippen LogP contribution in [0.1, 0.15) is 26.7 Å². The van der Waals surface area contributed by atoms with E-state index in [2.05, 4.69) is 5.32 Å². The van der Waals surface area contributed by atoms with Crippen LogP contribution in [0.15, 0.2) is 24.3 Å². The molecule has 19 heavy (non-hydrogen) atoms. The molecular formula is C14H19FN2O2.